The van der Waals surface area contributed by atoms with Gasteiger partial charge in [-0.1, -0.05) is 29.3 Å². The SMILES string of the molecule is O=C(O)Cn1cc(-n2cc(-c3cn[nH]c3)c3ccc(Cl)c(Cl)c32)cn1. The lowest BCUT2D eigenvalue weighted by Crippen LogP contribution is -2.08. The number of hydrogen-bond acceptors (Lipinski definition) is 3. The van der Waals surface area contributed by atoms with Crippen molar-refractivity contribution in [3.05, 3.63) is 53.2 Å². The predicted molar refractivity (Wildman–Crippen MR) is 94.3 cm³/mol. The molecular weight excluding hydrogens is 365 g/mol. The van der Waals surface area contributed by atoms with Crippen LogP contribution in [0, 0.1) is 0 Å². The third-order valence-corrected chi connectivity index (χ3v) is 4.66. The Morgan fingerprint density at radius 2 is 2.08 bits per heavy atom. The zero-order valence-electron chi connectivity index (χ0n) is 12.6. The molecule has 0 atom stereocenters. The van der Waals surface area contributed by atoms with Crippen molar-refractivity contribution in [3.63, 3.8) is 0 Å². The highest BCUT2D eigenvalue weighted by molar-refractivity contribution is 6.45. The molecule has 0 spiro atoms. The van der Waals surface area contributed by atoms with Crippen LogP contribution in [0.25, 0.3) is 27.7 Å². The van der Waals surface area contributed by atoms with Crippen LogP contribution in [-0.4, -0.2) is 35.6 Å². The van der Waals surface area contributed by atoms with Gasteiger partial charge in [-0.2, -0.15) is 10.2 Å². The molecule has 4 aromatic rings. The van der Waals surface area contributed by atoms with E-state index in [0.29, 0.717) is 15.7 Å². The van der Waals surface area contributed by atoms with Gasteiger partial charge < -0.3 is 9.67 Å². The van der Waals surface area contributed by atoms with Crippen LogP contribution < -0.4 is 0 Å². The van der Waals surface area contributed by atoms with E-state index in [1.54, 1.807) is 30.9 Å². The van der Waals surface area contributed by atoms with Crippen LogP contribution in [-0.2, 0) is 11.3 Å². The van der Waals surface area contributed by atoms with Gasteiger partial charge in [0, 0.05) is 35.1 Å². The third kappa shape index (κ3) is 2.67. The average molecular weight is 376 g/mol. The fraction of sp³-hybridized carbons (Fsp3) is 0.0625. The standard InChI is InChI=1S/C16H11Cl2N5O2/c17-13-2-1-11-12(9-3-19-20-4-9)7-23(16(11)15(13)18)10-5-21-22(6-10)8-14(24)25/h1-7H,8H2,(H,19,20)(H,24,25). The van der Waals surface area contributed by atoms with Gasteiger partial charge in [0.2, 0.25) is 0 Å². The minimum absolute atomic E-state index is 0.220. The first-order valence-corrected chi connectivity index (χ1v) is 8.03. The lowest BCUT2D eigenvalue weighted by Gasteiger charge is -2.04. The second-order valence-corrected chi connectivity index (χ2v) is 6.23. The molecule has 25 heavy (non-hydrogen) atoms. The summed E-state index contributed by atoms with van der Waals surface area (Å²) in [4.78, 5) is 10.9. The van der Waals surface area contributed by atoms with E-state index in [4.69, 9.17) is 28.3 Å². The normalized spacial score (nSPS) is 11.3. The summed E-state index contributed by atoms with van der Waals surface area (Å²) in [7, 11) is 0. The maximum atomic E-state index is 10.9. The Hall–Kier alpha value is -2.77. The van der Waals surface area contributed by atoms with Crippen molar-refractivity contribution >= 4 is 40.1 Å². The summed E-state index contributed by atoms with van der Waals surface area (Å²) in [6.07, 6.45) is 8.63. The smallest absolute Gasteiger partial charge is 0.325 e. The highest BCUT2D eigenvalue weighted by Crippen LogP contribution is 2.38. The van der Waals surface area contributed by atoms with E-state index in [-0.39, 0.29) is 6.54 Å². The Labute approximate surface area is 151 Å². The van der Waals surface area contributed by atoms with Gasteiger partial charge in [-0.15, -0.1) is 0 Å². The minimum atomic E-state index is -0.966. The quantitative estimate of drug-likeness (QED) is 0.570. The number of benzene rings is 1. The van der Waals surface area contributed by atoms with Crippen LogP contribution in [0.15, 0.2) is 43.1 Å². The Morgan fingerprint density at radius 1 is 1.24 bits per heavy atom. The average Bonchev–Trinajstić information content (AvgIpc) is 3.28. The van der Waals surface area contributed by atoms with Gasteiger partial charge in [-0.3, -0.25) is 14.6 Å². The van der Waals surface area contributed by atoms with Crippen molar-refractivity contribution in [2.75, 3.05) is 0 Å². The molecule has 0 amide bonds. The molecule has 4 rings (SSSR count). The van der Waals surface area contributed by atoms with Crippen LogP contribution in [0.5, 0.6) is 0 Å². The Balaban J connectivity index is 1.95. The van der Waals surface area contributed by atoms with Crippen LogP contribution in [0.2, 0.25) is 10.0 Å². The predicted octanol–water partition coefficient (Wildman–Crippen LogP) is 3.61. The van der Waals surface area contributed by atoms with E-state index in [9.17, 15) is 4.79 Å². The number of hydrogen-bond donors (Lipinski definition) is 2. The minimum Gasteiger partial charge on any atom is -0.480 e. The lowest BCUT2D eigenvalue weighted by molar-refractivity contribution is -0.137. The van der Waals surface area contributed by atoms with Gasteiger partial charge in [0.15, 0.2) is 0 Å². The zero-order chi connectivity index (χ0) is 17.6. The number of nitrogens with zero attached hydrogens (tertiary/aromatic N) is 4. The van der Waals surface area contributed by atoms with Gasteiger partial charge >= 0.3 is 5.97 Å². The first kappa shape index (κ1) is 15.7. The van der Waals surface area contributed by atoms with Crippen LogP contribution in [0.4, 0.5) is 0 Å². The number of H-pyrrole nitrogens is 1. The van der Waals surface area contributed by atoms with Crippen molar-refractivity contribution < 1.29 is 9.90 Å². The van der Waals surface area contributed by atoms with Gasteiger partial charge in [0.25, 0.3) is 0 Å². The molecule has 126 valence electrons. The van der Waals surface area contributed by atoms with E-state index in [2.05, 4.69) is 15.3 Å². The van der Waals surface area contributed by atoms with E-state index in [1.165, 1.54) is 4.68 Å². The molecule has 0 saturated carbocycles. The molecule has 0 fully saturated rings. The monoisotopic (exact) mass is 375 g/mol. The fourth-order valence-corrected chi connectivity index (χ4v) is 3.20. The summed E-state index contributed by atoms with van der Waals surface area (Å²) in [5.74, 6) is -0.966. The van der Waals surface area contributed by atoms with Crippen molar-refractivity contribution in [1.82, 2.24) is 24.5 Å². The topological polar surface area (TPSA) is 88.7 Å². The number of aliphatic carboxylic acids is 1. The lowest BCUT2D eigenvalue weighted by atomic mass is 10.1. The maximum absolute atomic E-state index is 10.9. The van der Waals surface area contributed by atoms with Gasteiger partial charge in [0.1, 0.15) is 6.54 Å². The van der Waals surface area contributed by atoms with Crippen molar-refractivity contribution in [3.8, 4) is 16.8 Å². The molecule has 2 N–H and O–H groups in total. The molecule has 0 bridgehead atoms. The summed E-state index contributed by atoms with van der Waals surface area (Å²) in [6.45, 7) is -0.220. The Kier molecular flexibility index (Phi) is 3.74. The molecule has 1 aromatic carbocycles. The second-order valence-electron chi connectivity index (χ2n) is 5.45. The van der Waals surface area contributed by atoms with Gasteiger partial charge in [0.05, 0.1) is 33.6 Å². The molecule has 0 aliphatic carbocycles. The van der Waals surface area contributed by atoms with Crippen molar-refractivity contribution in [2.45, 2.75) is 6.54 Å². The molecule has 0 aliphatic rings. The van der Waals surface area contributed by atoms with Crippen LogP contribution in [0.3, 0.4) is 0 Å². The maximum Gasteiger partial charge on any atom is 0.325 e. The van der Waals surface area contributed by atoms with E-state index >= 15 is 0 Å². The number of fused-ring (bicyclic) bond motifs is 1. The number of aromatic amines is 1. The summed E-state index contributed by atoms with van der Waals surface area (Å²) < 4.78 is 3.19. The molecule has 0 aliphatic heterocycles. The Bertz CT molecular complexity index is 1080. The molecule has 7 nitrogen and oxygen atoms in total. The molecule has 3 heterocycles. The molecular formula is C16H11Cl2N5O2. The van der Waals surface area contributed by atoms with Gasteiger partial charge in [-0.05, 0) is 6.07 Å². The third-order valence-electron chi connectivity index (χ3n) is 3.86. The molecule has 9 heteroatoms. The highest BCUT2D eigenvalue weighted by Gasteiger charge is 2.17. The number of halogens is 2. The number of carboxylic acids is 1. The van der Waals surface area contributed by atoms with Crippen molar-refractivity contribution in [1.29, 1.82) is 0 Å². The second kappa shape index (κ2) is 5.94. The summed E-state index contributed by atoms with van der Waals surface area (Å²) in [6, 6.07) is 3.64. The number of carboxylic acid groups (broad SMARTS) is 1. The van der Waals surface area contributed by atoms with Crippen LogP contribution in [0.1, 0.15) is 0 Å². The number of aromatic nitrogens is 5. The highest BCUT2D eigenvalue weighted by atomic mass is 35.5. The van der Waals surface area contributed by atoms with Crippen LogP contribution >= 0.6 is 23.2 Å². The fourth-order valence-electron chi connectivity index (χ4n) is 2.79. The molecule has 0 saturated heterocycles. The summed E-state index contributed by atoms with van der Waals surface area (Å²) >= 11 is 12.6. The number of nitrogens with one attached hydrogen (secondary N) is 1. The molecule has 3 aromatic heterocycles. The number of rotatable bonds is 4. The molecule has 0 radical (unpaired) electrons. The number of carbonyl (C=O) groups is 1. The van der Waals surface area contributed by atoms with E-state index < -0.39 is 5.97 Å². The largest absolute Gasteiger partial charge is 0.480 e. The van der Waals surface area contributed by atoms with Gasteiger partial charge in [-0.25, -0.2) is 0 Å². The summed E-state index contributed by atoms with van der Waals surface area (Å²) in [5, 5.41) is 21.5. The first-order valence-electron chi connectivity index (χ1n) is 7.27. The van der Waals surface area contributed by atoms with E-state index in [0.717, 1.165) is 22.0 Å². The first-order chi connectivity index (χ1) is 12.0. The van der Waals surface area contributed by atoms with E-state index in [1.807, 2.05) is 16.8 Å². The Morgan fingerprint density at radius 3 is 2.80 bits per heavy atom. The molecule has 0 unspecified atom stereocenters. The van der Waals surface area contributed by atoms with Crippen molar-refractivity contribution in [2.24, 2.45) is 0 Å². The summed E-state index contributed by atoms with van der Waals surface area (Å²) in [5.41, 5.74) is 3.23. The zero-order valence-corrected chi connectivity index (χ0v) is 14.2.